The number of pyridine rings is 1. The van der Waals surface area contributed by atoms with Gasteiger partial charge in [-0.1, -0.05) is 13.0 Å². The number of hydrogen-bond donors (Lipinski definition) is 1. The van der Waals surface area contributed by atoms with E-state index in [1.807, 2.05) is 21.6 Å². The first-order valence-corrected chi connectivity index (χ1v) is 9.14. The Kier molecular flexibility index (Phi) is 4.64. The van der Waals surface area contributed by atoms with E-state index in [9.17, 15) is 4.79 Å². The van der Waals surface area contributed by atoms with Crippen molar-refractivity contribution < 1.29 is 4.79 Å². The predicted molar refractivity (Wildman–Crippen MR) is 94.4 cm³/mol. The van der Waals surface area contributed by atoms with Crippen molar-refractivity contribution >= 4 is 23.3 Å². The lowest BCUT2D eigenvalue weighted by Crippen LogP contribution is -2.35. The van der Waals surface area contributed by atoms with Crippen LogP contribution in [0.15, 0.2) is 24.5 Å². The number of nitrogens with zero attached hydrogens (tertiary/aromatic N) is 3. The standard InChI is InChI=1S/C17H24N4OS/c1-13-3-4-15-19-14(8-21(15)7-13)9-23-10-16(22)20-6-5-17(2,11-18)12-20/h3-4,7-8H,5-6,9-12,18H2,1-2H3. The van der Waals surface area contributed by atoms with Crippen LogP contribution in [-0.4, -0.2) is 45.6 Å². The number of aromatic nitrogens is 2. The van der Waals surface area contributed by atoms with Crippen LogP contribution in [0.25, 0.3) is 5.65 Å². The van der Waals surface area contributed by atoms with Gasteiger partial charge in [-0.15, -0.1) is 11.8 Å². The summed E-state index contributed by atoms with van der Waals surface area (Å²) in [4.78, 5) is 18.8. The molecule has 1 amide bonds. The largest absolute Gasteiger partial charge is 0.341 e. The van der Waals surface area contributed by atoms with Crippen LogP contribution in [0.5, 0.6) is 0 Å². The van der Waals surface area contributed by atoms with E-state index < -0.39 is 0 Å². The number of carbonyl (C=O) groups excluding carboxylic acids is 1. The number of amides is 1. The zero-order valence-corrected chi connectivity index (χ0v) is 14.6. The van der Waals surface area contributed by atoms with Crippen LogP contribution in [0.3, 0.4) is 0 Å². The fraction of sp³-hybridized carbons (Fsp3) is 0.529. The molecule has 1 unspecified atom stereocenters. The molecule has 0 spiro atoms. The van der Waals surface area contributed by atoms with Crippen LogP contribution >= 0.6 is 11.8 Å². The van der Waals surface area contributed by atoms with Crippen molar-refractivity contribution in [2.75, 3.05) is 25.4 Å². The summed E-state index contributed by atoms with van der Waals surface area (Å²) in [5, 5.41) is 0. The van der Waals surface area contributed by atoms with Crippen molar-refractivity contribution in [1.29, 1.82) is 0 Å². The number of hydrogen-bond acceptors (Lipinski definition) is 4. The van der Waals surface area contributed by atoms with Crippen molar-refractivity contribution in [1.82, 2.24) is 14.3 Å². The molecule has 6 heteroatoms. The van der Waals surface area contributed by atoms with Gasteiger partial charge < -0.3 is 15.0 Å². The second-order valence-electron chi connectivity index (χ2n) is 6.78. The van der Waals surface area contributed by atoms with Crippen LogP contribution in [0, 0.1) is 12.3 Å². The minimum Gasteiger partial charge on any atom is -0.341 e. The lowest BCUT2D eigenvalue weighted by Gasteiger charge is -2.22. The summed E-state index contributed by atoms with van der Waals surface area (Å²) in [6.07, 6.45) is 5.12. The summed E-state index contributed by atoms with van der Waals surface area (Å²) in [5.74, 6) is 1.48. The first-order chi connectivity index (χ1) is 11.0. The maximum Gasteiger partial charge on any atom is 0.232 e. The van der Waals surface area contributed by atoms with E-state index in [-0.39, 0.29) is 11.3 Å². The highest BCUT2D eigenvalue weighted by Crippen LogP contribution is 2.29. The Morgan fingerprint density at radius 2 is 2.26 bits per heavy atom. The third-order valence-electron chi connectivity index (χ3n) is 4.53. The number of imidazole rings is 1. The Bertz CT molecular complexity index is 714. The van der Waals surface area contributed by atoms with Gasteiger partial charge in [-0.3, -0.25) is 4.79 Å². The van der Waals surface area contributed by atoms with Gasteiger partial charge in [0, 0.05) is 31.2 Å². The van der Waals surface area contributed by atoms with Crippen molar-refractivity contribution in [2.24, 2.45) is 11.1 Å². The molecule has 2 aromatic heterocycles. The molecule has 1 atom stereocenters. The monoisotopic (exact) mass is 332 g/mol. The molecule has 1 fully saturated rings. The third kappa shape index (κ3) is 3.70. The van der Waals surface area contributed by atoms with Crippen molar-refractivity contribution in [2.45, 2.75) is 26.0 Å². The maximum atomic E-state index is 12.3. The molecule has 0 aromatic carbocycles. The lowest BCUT2D eigenvalue weighted by atomic mass is 9.90. The molecular formula is C17H24N4OS. The molecule has 23 heavy (non-hydrogen) atoms. The number of rotatable bonds is 5. The fourth-order valence-corrected chi connectivity index (χ4v) is 3.77. The zero-order chi connectivity index (χ0) is 16.4. The maximum absolute atomic E-state index is 12.3. The average Bonchev–Trinajstić information content (AvgIpc) is 3.11. The summed E-state index contributed by atoms with van der Waals surface area (Å²) >= 11 is 1.63. The summed E-state index contributed by atoms with van der Waals surface area (Å²) in [6.45, 7) is 6.49. The topological polar surface area (TPSA) is 63.6 Å². The molecule has 2 aromatic rings. The normalized spacial score (nSPS) is 21.3. The quantitative estimate of drug-likeness (QED) is 0.910. The van der Waals surface area contributed by atoms with Crippen LogP contribution in [0.1, 0.15) is 24.6 Å². The Morgan fingerprint density at radius 1 is 1.43 bits per heavy atom. The van der Waals surface area contributed by atoms with Gasteiger partial charge in [0.1, 0.15) is 5.65 Å². The number of likely N-dealkylation sites (tertiary alicyclic amines) is 1. The molecule has 0 saturated carbocycles. The number of nitrogens with two attached hydrogens (primary N) is 1. The Hall–Kier alpha value is -1.53. The number of carbonyl (C=O) groups is 1. The second kappa shape index (κ2) is 6.53. The highest BCUT2D eigenvalue weighted by Gasteiger charge is 2.34. The van der Waals surface area contributed by atoms with Gasteiger partial charge >= 0.3 is 0 Å². The second-order valence-corrected chi connectivity index (χ2v) is 7.76. The molecule has 1 aliphatic rings. The molecule has 5 nitrogen and oxygen atoms in total. The van der Waals surface area contributed by atoms with Gasteiger partial charge in [0.05, 0.1) is 11.4 Å². The Morgan fingerprint density at radius 3 is 3.00 bits per heavy atom. The molecular weight excluding hydrogens is 308 g/mol. The smallest absolute Gasteiger partial charge is 0.232 e. The van der Waals surface area contributed by atoms with E-state index in [4.69, 9.17) is 5.73 Å². The number of thioether (sulfide) groups is 1. The van der Waals surface area contributed by atoms with E-state index in [0.29, 0.717) is 12.3 Å². The van der Waals surface area contributed by atoms with Crippen LogP contribution in [0.2, 0.25) is 0 Å². The Balaban J connectivity index is 1.51. The van der Waals surface area contributed by atoms with E-state index in [1.165, 1.54) is 5.56 Å². The minimum absolute atomic E-state index is 0.0970. The van der Waals surface area contributed by atoms with Gasteiger partial charge in [0.15, 0.2) is 0 Å². The van der Waals surface area contributed by atoms with Crippen molar-refractivity contribution in [3.8, 4) is 0 Å². The molecule has 3 heterocycles. The van der Waals surface area contributed by atoms with Crippen LogP contribution in [0.4, 0.5) is 0 Å². The summed E-state index contributed by atoms with van der Waals surface area (Å²) in [6, 6.07) is 4.08. The fourth-order valence-electron chi connectivity index (χ4n) is 2.96. The predicted octanol–water partition coefficient (Wildman–Crippen LogP) is 2.07. The van der Waals surface area contributed by atoms with Crippen LogP contribution < -0.4 is 5.73 Å². The molecule has 0 radical (unpaired) electrons. The van der Waals surface area contributed by atoms with Gasteiger partial charge in [0.25, 0.3) is 0 Å². The lowest BCUT2D eigenvalue weighted by molar-refractivity contribution is -0.127. The highest BCUT2D eigenvalue weighted by molar-refractivity contribution is 7.99. The molecule has 0 bridgehead atoms. The molecule has 2 N–H and O–H groups in total. The van der Waals surface area contributed by atoms with Gasteiger partial charge in [-0.2, -0.15) is 0 Å². The van der Waals surface area contributed by atoms with Gasteiger partial charge in [0.2, 0.25) is 5.91 Å². The summed E-state index contributed by atoms with van der Waals surface area (Å²) in [7, 11) is 0. The molecule has 0 aliphatic carbocycles. The van der Waals surface area contributed by atoms with Gasteiger partial charge in [-0.05, 0) is 36.9 Å². The van der Waals surface area contributed by atoms with Crippen LogP contribution in [-0.2, 0) is 10.5 Å². The minimum atomic E-state index is 0.0970. The van der Waals surface area contributed by atoms with Crippen molar-refractivity contribution in [3.63, 3.8) is 0 Å². The third-order valence-corrected chi connectivity index (χ3v) is 5.48. The molecule has 1 aliphatic heterocycles. The van der Waals surface area contributed by atoms with E-state index in [0.717, 1.165) is 36.6 Å². The number of aryl methyl sites for hydroxylation is 1. The number of fused-ring (bicyclic) bond motifs is 1. The summed E-state index contributed by atoms with van der Waals surface area (Å²) in [5.41, 5.74) is 9.08. The molecule has 3 rings (SSSR count). The SMILES string of the molecule is Cc1ccc2nc(CSCC(=O)N3CCC(C)(CN)C3)cn2c1. The molecule has 1 saturated heterocycles. The van der Waals surface area contributed by atoms with Gasteiger partial charge in [-0.25, -0.2) is 4.98 Å². The molecule has 124 valence electrons. The average molecular weight is 332 g/mol. The van der Waals surface area contributed by atoms with E-state index in [1.54, 1.807) is 11.8 Å². The zero-order valence-electron chi connectivity index (χ0n) is 13.8. The Labute approximate surface area is 141 Å². The first kappa shape index (κ1) is 16.3. The van der Waals surface area contributed by atoms with Crippen molar-refractivity contribution in [3.05, 3.63) is 35.8 Å². The highest BCUT2D eigenvalue weighted by atomic mass is 32.2. The summed E-state index contributed by atoms with van der Waals surface area (Å²) < 4.78 is 2.04. The van der Waals surface area contributed by atoms with E-state index >= 15 is 0 Å². The van der Waals surface area contributed by atoms with E-state index in [2.05, 4.69) is 31.1 Å². The first-order valence-electron chi connectivity index (χ1n) is 7.99.